The molecular weight excluding hydrogens is 462 g/mol. The molecule has 35 heavy (non-hydrogen) atoms. The molecule has 0 aromatic carbocycles. The van der Waals surface area contributed by atoms with E-state index in [0.29, 0.717) is 6.42 Å². The van der Waals surface area contributed by atoms with Crippen molar-refractivity contribution in [2.75, 3.05) is 6.54 Å². The maximum Gasteiger partial charge on any atom is 0.326 e. The number of nitrogens with one attached hydrogen (secondary N) is 3. The smallest absolute Gasteiger partial charge is 0.326 e. The molecule has 0 aliphatic heterocycles. The summed E-state index contributed by atoms with van der Waals surface area (Å²) in [6.45, 7) is 7.11. The van der Waals surface area contributed by atoms with Crippen molar-refractivity contribution in [1.82, 2.24) is 16.0 Å². The van der Waals surface area contributed by atoms with Gasteiger partial charge in [-0.25, -0.2) is 4.79 Å². The monoisotopic (exact) mass is 501 g/mol. The highest BCUT2D eigenvalue weighted by Gasteiger charge is 2.33. The van der Waals surface area contributed by atoms with Gasteiger partial charge in [0.25, 0.3) is 0 Å². The van der Waals surface area contributed by atoms with Crippen molar-refractivity contribution in [3.05, 3.63) is 0 Å². The van der Waals surface area contributed by atoms with Crippen molar-refractivity contribution >= 4 is 35.6 Å². The molecule has 0 heterocycles. The van der Waals surface area contributed by atoms with E-state index in [4.69, 9.17) is 17.2 Å². The normalized spacial score (nSPS) is 15.1. The molecule has 0 bridgehead atoms. The van der Waals surface area contributed by atoms with Gasteiger partial charge in [0.1, 0.15) is 18.1 Å². The van der Waals surface area contributed by atoms with Crippen molar-refractivity contribution in [1.29, 1.82) is 0 Å². The Bertz CT molecular complexity index is 784. The fourth-order valence-electron chi connectivity index (χ4n) is 2.93. The summed E-state index contributed by atoms with van der Waals surface area (Å²) < 4.78 is 0. The van der Waals surface area contributed by atoms with Crippen molar-refractivity contribution in [2.24, 2.45) is 34.0 Å². The first kappa shape index (κ1) is 31.6. The zero-order valence-corrected chi connectivity index (χ0v) is 20.6. The molecular formula is C21H39N7O7. The molecule has 14 nitrogen and oxygen atoms in total. The molecule has 0 aromatic rings. The largest absolute Gasteiger partial charge is 0.481 e. The molecule has 3 amide bonds. The van der Waals surface area contributed by atoms with Crippen LogP contribution in [0.4, 0.5) is 0 Å². The summed E-state index contributed by atoms with van der Waals surface area (Å²) in [4.78, 5) is 64.7. The maximum atomic E-state index is 13.0. The Morgan fingerprint density at radius 1 is 0.886 bits per heavy atom. The number of carboxylic acids is 2. The number of nitrogens with zero attached hydrogens (tertiary/aromatic N) is 1. The van der Waals surface area contributed by atoms with Crippen LogP contribution in [0.15, 0.2) is 4.99 Å². The van der Waals surface area contributed by atoms with Gasteiger partial charge in [0.15, 0.2) is 5.96 Å². The Kier molecular flexibility index (Phi) is 14.0. The van der Waals surface area contributed by atoms with Gasteiger partial charge in [-0.15, -0.1) is 0 Å². The zero-order valence-electron chi connectivity index (χ0n) is 20.6. The molecule has 5 unspecified atom stereocenters. The van der Waals surface area contributed by atoms with Gasteiger partial charge in [-0.1, -0.05) is 34.1 Å². The average Bonchev–Trinajstić information content (AvgIpc) is 2.76. The summed E-state index contributed by atoms with van der Waals surface area (Å²) in [6.07, 6.45) is -0.125. The first-order valence-corrected chi connectivity index (χ1v) is 11.4. The van der Waals surface area contributed by atoms with Crippen LogP contribution >= 0.6 is 0 Å². The second-order valence-corrected chi connectivity index (χ2v) is 8.65. The first-order valence-electron chi connectivity index (χ1n) is 11.4. The molecule has 0 saturated carbocycles. The van der Waals surface area contributed by atoms with Crippen LogP contribution in [0.1, 0.15) is 53.4 Å². The van der Waals surface area contributed by atoms with Crippen LogP contribution in [0.5, 0.6) is 0 Å². The van der Waals surface area contributed by atoms with Gasteiger partial charge < -0.3 is 43.4 Å². The van der Waals surface area contributed by atoms with E-state index >= 15 is 0 Å². The molecule has 0 fully saturated rings. The number of nitrogens with two attached hydrogens (primary N) is 3. The minimum atomic E-state index is -1.58. The molecule has 0 aromatic heterocycles. The number of hydrogen-bond acceptors (Lipinski definition) is 7. The SMILES string of the molecule is CCC(C)C(NC(=O)C(N)C(C)C)C(=O)NC(CC(=O)O)C(=O)NC(CCCN=C(N)N)C(=O)O. The van der Waals surface area contributed by atoms with E-state index in [9.17, 15) is 34.2 Å². The molecule has 11 N–H and O–H groups in total. The lowest BCUT2D eigenvalue weighted by Crippen LogP contribution is -2.59. The lowest BCUT2D eigenvalue weighted by Gasteiger charge is -2.28. The molecule has 0 radical (unpaired) electrons. The molecule has 0 saturated heterocycles. The Hall–Kier alpha value is -3.42. The Balaban J connectivity index is 5.53. The summed E-state index contributed by atoms with van der Waals surface area (Å²) in [5.41, 5.74) is 16.3. The Labute approximate surface area is 204 Å². The first-order chi connectivity index (χ1) is 16.2. The predicted octanol–water partition coefficient (Wildman–Crippen LogP) is -1.92. The molecule has 200 valence electrons. The third-order valence-corrected chi connectivity index (χ3v) is 5.39. The van der Waals surface area contributed by atoms with Gasteiger partial charge in [0.05, 0.1) is 12.5 Å². The number of aliphatic imine (C=N–C) groups is 1. The minimum Gasteiger partial charge on any atom is -0.481 e. The summed E-state index contributed by atoms with van der Waals surface area (Å²) in [5.74, 6) is -5.82. The molecule has 0 aliphatic carbocycles. The van der Waals surface area contributed by atoms with Gasteiger partial charge >= 0.3 is 11.9 Å². The van der Waals surface area contributed by atoms with E-state index in [1.807, 2.05) is 0 Å². The predicted molar refractivity (Wildman–Crippen MR) is 128 cm³/mol. The van der Waals surface area contributed by atoms with Crippen LogP contribution in [-0.2, 0) is 24.0 Å². The second-order valence-electron chi connectivity index (χ2n) is 8.65. The highest BCUT2D eigenvalue weighted by molar-refractivity contribution is 5.95. The van der Waals surface area contributed by atoms with Crippen molar-refractivity contribution < 1.29 is 34.2 Å². The highest BCUT2D eigenvalue weighted by Crippen LogP contribution is 2.11. The fourth-order valence-corrected chi connectivity index (χ4v) is 2.93. The van der Waals surface area contributed by atoms with Crippen molar-refractivity contribution in [3.8, 4) is 0 Å². The van der Waals surface area contributed by atoms with Gasteiger partial charge in [0, 0.05) is 6.54 Å². The van der Waals surface area contributed by atoms with Crippen LogP contribution < -0.4 is 33.2 Å². The number of hydrogen-bond donors (Lipinski definition) is 8. The number of rotatable bonds is 16. The van der Waals surface area contributed by atoms with Crippen molar-refractivity contribution in [2.45, 2.75) is 77.5 Å². The van der Waals surface area contributed by atoms with E-state index in [-0.39, 0.29) is 37.2 Å². The van der Waals surface area contributed by atoms with Crippen LogP contribution in [-0.4, -0.2) is 76.5 Å². The van der Waals surface area contributed by atoms with Gasteiger partial charge in [-0.2, -0.15) is 0 Å². The summed E-state index contributed by atoms with van der Waals surface area (Å²) in [6, 6.07) is -4.90. The zero-order chi connectivity index (χ0) is 27.3. The second kappa shape index (κ2) is 15.5. The summed E-state index contributed by atoms with van der Waals surface area (Å²) in [5, 5.41) is 25.7. The van der Waals surface area contributed by atoms with E-state index in [2.05, 4.69) is 20.9 Å². The number of aliphatic carboxylic acids is 2. The molecule has 5 atom stereocenters. The lowest BCUT2D eigenvalue weighted by atomic mass is 9.96. The van der Waals surface area contributed by atoms with E-state index in [1.165, 1.54) is 0 Å². The van der Waals surface area contributed by atoms with Gasteiger partial charge in [0.2, 0.25) is 17.7 Å². The van der Waals surface area contributed by atoms with Crippen LogP contribution in [0.25, 0.3) is 0 Å². The number of carbonyl (C=O) groups is 5. The van der Waals surface area contributed by atoms with Crippen molar-refractivity contribution in [3.63, 3.8) is 0 Å². The van der Waals surface area contributed by atoms with Crippen LogP contribution in [0.3, 0.4) is 0 Å². The Morgan fingerprint density at radius 2 is 1.46 bits per heavy atom. The lowest BCUT2D eigenvalue weighted by molar-refractivity contribution is -0.144. The molecule has 0 rings (SSSR count). The van der Waals surface area contributed by atoms with E-state index < -0.39 is 60.2 Å². The quantitative estimate of drug-likeness (QED) is 0.0661. The number of amides is 3. The topological polar surface area (TPSA) is 252 Å². The average molecular weight is 502 g/mol. The number of carboxylic acid groups (broad SMARTS) is 2. The van der Waals surface area contributed by atoms with Gasteiger partial charge in [-0.05, 0) is 24.7 Å². The van der Waals surface area contributed by atoms with Crippen LogP contribution in [0.2, 0.25) is 0 Å². The fraction of sp³-hybridized carbons (Fsp3) is 0.714. The molecule has 0 aliphatic rings. The van der Waals surface area contributed by atoms with E-state index in [1.54, 1.807) is 27.7 Å². The summed E-state index contributed by atoms with van der Waals surface area (Å²) >= 11 is 0. The third-order valence-electron chi connectivity index (χ3n) is 5.39. The molecule has 0 spiro atoms. The summed E-state index contributed by atoms with van der Waals surface area (Å²) in [7, 11) is 0. The number of carbonyl (C=O) groups excluding carboxylic acids is 3. The van der Waals surface area contributed by atoms with Crippen LogP contribution in [0, 0.1) is 11.8 Å². The van der Waals surface area contributed by atoms with E-state index in [0.717, 1.165) is 0 Å². The number of guanidine groups is 1. The molecule has 14 heteroatoms. The minimum absolute atomic E-state index is 0.0375. The maximum absolute atomic E-state index is 13.0. The Morgan fingerprint density at radius 3 is 1.91 bits per heavy atom. The standard InChI is InChI=1S/C21H39N7O7/c1-5-11(4)16(28-18(32)15(22)10(2)3)19(33)27-13(9-14(29)30)17(31)26-12(20(34)35)7-6-8-25-21(23)24/h10-13,15-16H,5-9,22H2,1-4H3,(H,26,31)(H,27,33)(H,28,32)(H,29,30)(H,34,35)(H4,23,24,25). The third kappa shape index (κ3) is 12.0. The van der Waals surface area contributed by atoms with Gasteiger partial charge in [-0.3, -0.25) is 24.2 Å². The highest BCUT2D eigenvalue weighted by atomic mass is 16.4.